The Morgan fingerprint density at radius 1 is 1.42 bits per heavy atom. The van der Waals surface area contributed by atoms with E-state index in [0.29, 0.717) is 12.7 Å². The van der Waals surface area contributed by atoms with Crippen LogP contribution in [0, 0.1) is 0 Å². The lowest BCUT2D eigenvalue weighted by Gasteiger charge is -2.27. The molecule has 1 fully saturated rings. The summed E-state index contributed by atoms with van der Waals surface area (Å²) in [6.07, 6.45) is 4.72. The van der Waals surface area contributed by atoms with Crippen LogP contribution < -0.4 is 16.0 Å². The quantitative estimate of drug-likeness (QED) is 0.612. The standard InChI is InChI=1S/C15H24N2O2/c1-2-18-15-9-4-3-8-13(15)14(17-16)11-12-7-5-6-10-19-12/h3-4,8-9,12,14,17H,2,5-7,10-11,16H2,1H3. The third-order valence-electron chi connectivity index (χ3n) is 3.57. The molecule has 106 valence electrons. The zero-order valence-corrected chi connectivity index (χ0v) is 11.6. The Morgan fingerprint density at radius 3 is 2.95 bits per heavy atom. The molecule has 2 unspecified atom stereocenters. The van der Waals surface area contributed by atoms with Crippen molar-refractivity contribution in [2.75, 3.05) is 13.2 Å². The minimum Gasteiger partial charge on any atom is -0.494 e. The first-order chi connectivity index (χ1) is 9.35. The summed E-state index contributed by atoms with van der Waals surface area (Å²) < 4.78 is 11.5. The number of ether oxygens (including phenoxy) is 2. The molecule has 0 spiro atoms. The molecule has 1 aliphatic heterocycles. The highest BCUT2D eigenvalue weighted by atomic mass is 16.5. The highest BCUT2D eigenvalue weighted by molar-refractivity contribution is 5.36. The van der Waals surface area contributed by atoms with Gasteiger partial charge in [-0.3, -0.25) is 11.3 Å². The van der Waals surface area contributed by atoms with Crippen LogP contribution in [-0.2, 0) is 4.74 Å². The van der Waals surface area contributed by atoms with Crippen LogP contribution in [0.3, 0.4) is 0 Å². The number of hydrogen-bond donors (Lipinski definition) is 2. The van der Waals surface area contributed by atoms with E-state index in [2.05, 4.69) is 11.5 Å². The summed E-state index contributed by atoms with van der Waals surface area (Å²) in [5.41, 5.74) is 4.02. The second kappa shape index (κ2) is 7.48. The van der Waals surface area contributed by atoms with Crippen molar-refractivity contribution in [2.24, 2.45) is 5.84 Å². The van der Waals surface area contributed by atoms with Gasteiger partial charge in [-0.15, -0.1) is 0 Å². The molecule has 0 amide bonds. The monoisotopic (exact) mass is 264 g/mol. The number of rotatable bonds is 6. The van der Waals surface area contributed by atoms with Gasteiger partial charge in [0.25, 0.3) is 0 Å². The summed E-state index contributed by atoms with van der Waals surface area (Å²) in [5.74, 6) is 6.63. The van der Waals surface area contributed by atoms with Crippen LogP contribution in [0.5, 0.6) is 5.75 Å². The van der Waals surface area contributed by atoms with E-state index in [9.17, 15) is 0 Å². The van der Waals surface area contributed by atoms with Gasteiger partial charge in [-0.25, -0.2) is 0 Å². The van der Waals surface area contributed by atoms with Crippen LogP contribution >= 0.6 is 0 Å². The van der Waals surface area contributed by atoms with Crippen molar-refractivity contribution >= 4 is 0 Å². The van der Waals surface area contributed by atoms with Gasteiger partial charge in [0, 0.05) is 12.2 Å². The lowest BCUT2D eigenvalue weighted by atomic mass is 9.96. The topological polar surface area (TPSA) is 56.5 Å². The summed E-state index contributed by atoms with van der Waals surface area (Å²) in [6, 6.07) is 8.14. The molecule has 0 radical (unpaired) electrons. The fraction of sp³-hybridized carbons (Fsp3) is 0.600. The zero-order valence-electron chi connectivity index (χ0n) is 11.6. The first-order valence-corrected chi connectivity index (χ1v) is 7.14. The van der Waals surface area contributed by atoms with Crippen molar-refractivity contribution in [2.45, 2.75) is 44.8 Å². The molecule has 1 aromatic carbocycles. The van der Waals surface area contributed by atoms with Crippen molar-refractivity contribution in [3.63, 3.8) is 0 Å². The summed E-state index contributed by atoms with van der Waals surface area (Å²) in [4.78, 5) is 0. The van der Waals surface area contributed by atoms with Crippen LogP contribution in [0.25, 0.3) is 0 Å². The summed E-state index contributed by atoms with van der Waals surface area (Å²) in [7, 11) is 0. The number of nitrogens with one attached hydrogen (secondary N) is 1. The lowest BCUT2D eigenvalue weighted by Crippen LogP contribution is -2.33. The van der Waals surface area contributed by atoms with E-state index < -0.39 is 0 Å². The van der Waals surface area contributed by atoms with E-state index >= 15 is 0 Å². The predicted molar refractivity (Wildman–Crippen MR) is 75.9 cm³/mol. The highest BCUT2D eigenvalue weighted by Gasteiger charge is 2.22. The minimum atomic E-state index is 0.0749. The number of hydrazine groups is 1. The van der Waals surface area contributed by atoms with Crippen molar-refractivity contribution in [3.05, 3.63) is 29.8 Å². The normalized spacial score (nSPS) is 21.1. The Bertz CT molecular complexity index is 378. The highest BCUT2D eigenvalue weighted by Crippen LogP contribution is 2.30. The van der Waals surface area contributed by atoms with Gasteiger partial charge in [0.15, 0.2) is 0 Å². The van der Waals surface area contributed by atoms with Gasteiger partial charge in [0.2, 0.25) is 0 Å². The van der Waals surface area contributed by atoms with Gasteiger partial charge in [-0.2, -0.15) is 0 Å². The van der Waals surface area contributed by atoms with Crippen LogP contribution in [0.15, 0.2) is 24.3 Å². The molecule has 1 aliphatic rings. The van der Waals surface area contributed by atoms with Crippen LogP contribution in [0.4, 0.5) is 0 Å². The Balaban J connectivity index is 2.07. The first-order valence-electron chi connectivity index (χ1n) is 7.14. The summed E-state index contributed by atoms with van der Waals surface area (Å²) in [5, 5.41) is 0. The van der Waals surface area contributed by atoms with Crippen molar-refractivity contribution in [1.82, 2.24) is 5.43 Å². The fourth-order valence-corrected chi connectivity index (χ4v) is 2.60. The number of benzene rings is 1. The average molecular weight is 264 g/mol. The molecule has 0 saturated carbocycles. The maximum atomic E-state index is 5.80. The second-order valence-electron chi connectivity index (χ2n) is 4.91. The summed E-state index contributed by atoms with van der Waals surface area (Å²) >= 11 is 0. The molecule has 2 rings (SSSR count). The van der Waals surface area contributed by atoms with E-state index in [-0.39, 0.29) is 6.04 Å². The van der Waals surface area contributed by atoms with Gasteiger partial charge in [-0.05, 0) is 38.7 Å². The average Bonchev–Trinajstić information content (AvgIpc) is 2.47. The van der Waals surface area contributed by atoms with E-state index in [4.69, 9.17) is 15.3 Å². The largest absolute Gasteiger partial charge is 0.494 e. The van der Waals surface area contributed by atoms with Crippen molar-refractivity contribution in [1.29, 1.82) is 0 Å². The molecule has 1 aromatic rings. The van der Waals surface area contributed by atoms with Gasteiger partial charge in [-0.1, -0.05) is 18.2 Å². The molecule has 1 heterocycles. The number of nitrogens with two attached hydrogens (primary N) is 1. The zero-order chi connectivity index (χ0) is 13.5. The van der Waals surface area contributed by atoms with Crippen LogP contribution in [-0.4, -0.2) is 19.3 Å². The van der Waals surface area contributed by atoms with E-state index in [1.165, 1.54) is 12.8 Å². The molecular formula is C15H24N2O2. The van der Waals surface area contributed by atoms with Gasteiger partial charge in [0.05, 0.1) is 18.8 Å². The Labute approximate surface area is 115 Å². The minimum absolute atomic E-state index is 0.0749. The van der Waals surface area contributed by atoms with E-state index in [1.54, 1.807) is 0 Å². The number of para-hydroxylation sites is 1. The maximum Gasteiger partial charge on any atom is 0.124 e. The van der Waals surface area contributed by atoms with Crippen LogP contribution in [0.1, 0.15) is 44.2 Å². The van der Waals surface area contributed by atoms with E-state index in [0.717, 1.165) is 30.8 Å². The number of hydrogen-bond acceptors (Lipinski definition) is 4. The summed E-state index contributed by atoms with van der Waals surface area (Å²) in [6.45, 7) is 3.52. The third-order valence-corrected chi connectivity index (χ3v) is 3.57. The molecule has 0 bridgehead atoms. The molecule has 0 aliphatic carbocycles. The molecule has 4 nitrogen and oxygen atoms in total. The Hall–Kier alpha value is -1.10. The molecular weight excluding hydrogens is 240 g/mol. The Morgan fingerprint density at radius 2 is 2.26 bits per heavy atom. The van der Waals surface area contributed by atoms with E-state index in [1.807, 2.05) is 25.1 Å². The van der Waals surface area contributed by atoms with Gasteiger partial charge in [0.1, 0.15) is 5.75 Å². The van der Waals surface area contributed by atoms with Crippen molar-refractivity contribution in [3.8, 4) is 5.75 Å². The molecule has 4 heteroatoms. The first kappa shape index (κ1) is 14.3. The predicted octanol–water partition coefficient (Wildman–Crippen LogP) is 2.55. The van der Waals surface area contributed by atoms with Gasteiger partial charge >= 0.3 is 0 Å². The molecule has 0 aromatic heterocycles. The van der Waals surface area contributed by atoms with Crippen LogP contribution in [0.2, 0.25) is 0 Å². The lowest BCUT2D eigenvalue weighted by molar-refractivity contribution is 0.00488. The smallest absolute Gasteiger partial charge is 0.124 e. The molecule has 2 atom stereocenters. The van der Waals surface area contributed by atoms with Crippen molar-refractivity contribution < 1.29 is 9.47 Å². The molecule has 19 heavy (non-hydrogen) atoms. The third kappa shape index (κ3) is 3.93. The molecule has 1 saturated heterocycles. The SMILES string of the molecule is CCOc1ccccc1C(CC1CCCCO1)NN. The Kier molecular flexibility index (Phi) is 5.63. The molecule has 3 N–H and O–H groups in total. The fourth-order valence-electron chi connectivity index (χ4n) is 2.60. The maximum absolute atomic E-state index is 5.80. The second-order valence-corrected chi connectivity index (χ2v) is 4.91. The van der Waals surface area contributed by atoms with Gasteiger partial charge < -0.3 is 9.47 Å².